The molecule has 0 aromatic carbocycles. The standard InChI is InChI=1S/C21H30N2O3/c1-17-4-5-21(26-17)15-22-13-19-3-2-9-23(19)20(14-22)8-12-25-16-18-6-10-24-11-7-18/h2-5,9,18,20H,6-8,10-16H2,1H3/t20-/m0/s1. The highest BCUT2D eigenvalue weighted by molar-refractivity contribution is 5.12. The fourth-order valence-electron chi connectivity index (χ4n) is 4.12. The lowest BCUT2D eigenvalue weighted by atomic mass is 10.0. The second-order valence-corrected chi connectivity index (χ2v) is 7.66. The lowest BCUT2D eigenvalue weighted by Gasteiger charge is -2.34. The predicted octanol–water partition coefficient (Wildman–Crippen LogP) is 3.78. The molecule has 2 aliphatic rings. The summed E-state index contributed by atoms with van der Waals surface area (Å²) >= 11 is 0. The first kappa shape index (κ1) is 17.8. The smallest absolute Gasteiger partial charge is 0.118 e. The molecule has 5 heteroatoms. The van der Waals surface area contributed by atoms with Crippen molar-refractivity contribution in [1.29, 1.82) is 0 Å². The third kappa shape index (κ3) is 4.40. The molecular weight excluding hydrogens is 328 g/mol. The molecule has 142 valence electrons. The monoisotopic (exact) mass is 358 g/mol. The zero-order chi connectivity index (χ0) is 17.8. The van der Waals surface area contributed by atoms with Crippen molar-refractivity contribution in [2.24, 2.45) is 5.92 Å². The summed E-state index contributed by atoms with van der Waals surface area (Å²) in [5.41, 5.74) is 1.38. The van der Waals surface area contributed by atoms with Gasteiger partial charge in [-0.25, -0.2) is 0 Å². The molecule has 1 saturated heterocycles. The summed E-state index contributed by atoms with van der Waals surface area (Å²) in [5, 5.41) is 0. The zero-order valence-corrected chi connectivity index (χ0v) is 15.7. The second kappa shape index (κ2) is 8.42. The summed E-state index contributed by atoms with van der Waals surface area (Å²) in [5.74, 6) is 2.71. The first-order valence-electron chi connectivity index (χ1n) is 9.87. The van der Waals surface area contributed by atoms with Gasteiger partial charge in [0.25, 0.3) is 0 Å². The molecule has 0 spiro atoms. The van der Waals surface area contributed by atoms with Crippen molar-refractivity contribution in [1.82, 2.24) is 9.47 Å². The fourth-order valence-corrected chi connectivity index (χ4v) is 4.12. The highest BCUT2D eigenvalue weighted by atomic mass is 16.5. The molecule has 2 aliphatic heterocycles. The van der Waals surface area contributed by atoms with Crippen molar-refractivity contribution in [3.05, 3.63) is 47.7 Å². The molecular formula is C21H30N2O3. The number of aryl methyl sites for hydroxylation is 1. The summed E-state index contributed by atoms with van der Waals surface area (Å²) in [6, 6.07) is 9.00. The Hall–Kier alpha value is -1.56. The van der Waals surface area contributed by atoms with Crippen molar-refractivity contribution in [3.63, 3.8) is 0 Å². The van der Waals surface area contributed by atoms with Crippen LogP contribution in [0.25, 0.3) is 0 Å². The van der Waals surface area contributed by atoms with E-state index < -0.39 is 0 Å². The fraction of sp³-hybridized carbons (Fsp3) is 0.619. The maximum atomic E-state index is 6.02. The summed E-state index contributed by atoms with van der Waals surface area (Å²) in [7, 11) is 0. The third-order valence-corrected chi connectivity index (χ3v) is 5.58. The lowest BCUT2D eigenvalue weighted by Crippen LogP contribution is -2.37. The van der Waals surface area contributed by atoms with Crippen LogP contribution < -0.4 is 0 Å². The van der Waals surface area contributed by atoms with Crippen molar-refractivity contribution in [3.8, 4) is 0 Å². The maximum absolute atomic E-state index is 6.02. The number of fused-ring (bicyclic) bond motifs is 1. The first-order valence-corrected chi connectivity index (χ1v) is 9.87. The number of furan rings is 1. The third-order valence-electron chi connectivity index (χ3n) is 5.58. The van der Waals surface area contributed by atoms with Gasteiger partial charge in [-0.2, -0.15) is 0 Å². The average Bonchev–Trinajstić information content (AvgIpc) is 3.28. The van der Waals surface area contributed by atoms with Gasteiger partial charge >= 0.3 is 0 Å². The van der Waals surface area contributed by atoms with E-state index in [1.807, 2.05) is 13.0 Å². The van der Waals surface area contributed by atoms with E-state index in [2.05, 4.69) is 33.9 Å². The average molecular weight is 358 g/mol. The van der Waals surface area contributed by atoms with Crippen LogP contribution in [0.15, 0.2) is 34.9 Å². The van der Waals surface area contributed by atoms with Crippen LogP contribution in [-0.4, -0.2) is 42.4 Å². The van der Waals surface area contributed by atoms with Gasteiger partial charge < -0.3 is 18.5 Å². The van der Waals surface area contributed by atoms with Crippen LogP contribution in [0.1, 0.15) is 42.5 Å². The van der Waals surface area contributed by atoms with Gasteiger partial charge in [-0.05, 0) is 56.4 Å². The maximum Gasteiger partial charge on any atom is 0.118 e. The Balaban J connectivity index is 1.29. The molecule has 0 bridgehead atoms. The highest BCUT2D eigenvalue weighted by Gasteiger charge is 2.25. The summed E-state index contributed by atoms with van der Waals surface area (Å²) in [6.45, 7) is 8.39. The van der Waals surface area contributed by atoms with E-state index >= 15 is 0 Å². The molecule has 2 aromatic rings. The van der Waals surface area contributed by atoms with Crippen molar-refractivity contribution in [2.45, 2.75) is 45.3 Å². The molecule has 0 saturated carbocycles. The lowest BCUT2D eigenvalue weighted by molar-refractivity contribution is 0.0159. The minimum atomic E-state index is 0.472. The molecule has 0 unspecified atom stereocenters. The molecule has 0 amide bonds. The Labute approximate surface area is 155 Å². The van der Waals surface area contributed by atoms with Gasteiger partial charge in [0.1, 0.15) is 11.5 Å². The molecule has 1 atom stereocenters. The number of hydrogen-bond acceptors (Lipinski definition) is 4. The van der Waals surface area contributed by atoms with Crippen LogP contribution in [0.3, 0.4) is 0 Å². The van der Waals surface area contributed by atoms with E-state index in [0.717, 1.165) is 76.8 Å². The second-order valence-electron chi connectivity index (χ2n) is 7.66. The molecule has 1 fully saturated rings. The molecule has 0 N–H and O–H groups in total. The van der Waals surface area contributed by atoms with E-state index in [4.69, 9.17) is 13.9 Å². The van der Waals surface area contributed by atoms with Crippen LogP contribution in [0, 0.1) is 12.8 Å². The molecule has 0 aliphatic carbocycles. The van der Waals surface area contributed by atoms with Crippen LogP contribution in [0.5, 0.6) is 0 Å². The van der Waals surface area contributed by atoms with Gasteiger partial charge in [0.05, 0.1) is 6.54 Å². The van der Waals surface area contributed by atoms with Crippen LogP contribution in [0.4, 0.5) is 0 Å². The zero-order valence-electron chi connectivity index (χ0n) is 15.7. The van der Waals surface area contributed by atoms with Crippen LogP contribution in [-0.2, 0) is 22.6 Å². The molecule has 26 heavy (non-hydrogen) atoms. The van der Waals surface area contributed by atoms with E-state index in [-0.39, 0.29) is 0 Å². The van der Waals surface area contributed by atoms with E-state index in [9.17, 15) is 0 Å². The predicted molar refractivity (Wildman–Crippen MR) is 100 cm³/mol. The van der Waals surface area contributed by atoms with Crippen LogP contribution in [0.2, 0.25) is 0 Å². The minimum Gasteiger partial charge on any atom is -0.465 e. The Morgan fingerprint density at radius 1 is 1.19 bits per heavy atom. The van der Waals surface area contributed by atoms with Crippen molar-refractivity contribution >= 4 is 0 Å². The number of rotatable bonds is 7. The van der Waals surface area contributed by atoms with Gasteiger partial charge in [0.15, 0.2) is 0 Å². The SMILES string of the molecule is Cc1ccc(CN2Cc3cccn3[C@@H](CCOCC3CCOCC3)C2)o1. The Bertz CT molecular complexity index is 687. The Morgan fingerprint density at radius 3 is 2.88 bits per heavy atom. The molecule has 2 aromatic heterocycles. The molecule has 4 rings (SSSR count). The summed E-state index contributed by atoms with van der Waals surface area (Å²) in [4.78, 5) is 2.48. The van der Waals surface area contributed by atoms with Gasteiger partial charge in [-0.15, -0.1) is 0 Å². The number of hydrogen-bond donors (Lipinski definition) is 0. The van der Waals surface area contributed by atoms with Gasteiger partial charge in [0, 0.05) is 57.4 Å². The van der Waals surface area contributed by atoms with Crippen molar-refractivity contribution < 1.29 is 13.9 Å². The van der Waals surface area contributed by atoms with Gasteiger partial charge in [-0.3, -0.25) is 4.90 Å². The largest absolute Gasteiger partial charge is 0.465 e. The quantitative estimate of drug-likeness (QED) is 0.706. The van der Waals surface area contributed by atoms with E-state index in [1.54, 1.807) is 0 Å². The topological polar surface area (TPSA) is 39.8 Å². The van der Waals surface area contributed by atoms with Crippen LogP contribution >= 0.6 is 0 Å². The summed E-state index contributed by atoms with van der Waals surface area (Å²) < 4.78 is 19.6. The number of nitrogens with zero attached hydrogens (tertiary/aromatic N) is 2. The molecule has 5 nitrogen and oxygen atoms in total. The number of aromatic nitrogens is 1. The summed E-state index contributed by atoms with van der Waals surface area (Å²) in [6.07, 6.45) is 5.55. The van der Waals surface area contributed by atoms with Gasteiger partial charge in [0.2, 0.25) is 0 Å². The highest BCUT2D eigenvalue weighted by Crippen LogP contribution is 2.26. The normalized spacial score (nSPS) is 21.8. The van der Waals surface area contributed by atoms with Gasteiger partial charge in [-0.1, -0.05) is 0 Å². The number of ether oxygens (including phenoxy) is 2. The van der Waals surface area contributed by atoms with Crippen molar-refractivity contribution in [2.75, 3.05) is 33.0 Å². The Kier molecular flexibility index (Phi) is 5.78. The van der Waals surface area contributed by atoms with E-state index in [1.165, 1.54) is 5.69 Å². The Morgan fingerprint density at radius 2 is 2.08 bits per heavy atom. The van der Waals surface area contributed by atoms with E-state index in [0.29, 0.717) is 12.0 Å². The minimum absolute atomic E-state index is 0.472. The molecule has 4 heterocycles. The molecule has 0 radical (unpaired) electrons. The first-order chi connectivity index (χ1) is 12.8.